The van der Waals surface area contributed by atoms with Crippen LogP contribution in [-0.2, 0) is 0 Å². The smallest absolute Gasteiger partial charge is 0.153 e. The Hall–Kier alpha value is -2.69. The molecule has 0 aliphatic carbocycles. The van der Waals surface area contributed by atoms with E-state index in [2.05, 4.69) is 15.2 Å². The zero-order valence-electron chi connectivity index (χ0n) is 10.9. The number of nitrogens with two attached hydrogens (primary N) is 1. The van der Waals surface area contributed by atoms with Crippen LogP contribution in [0.25, 0.3) is 22.4 Å². The molecule has 4 nitrogen and oxygen atoms in total. The fraction of sp³-hybridized carbons (Fsp3) is 0.0667. The molecule has 0 spiro atoms. The van der Waals surface area contributed by atoms with E-state index in [0.717, 1.165) is 17.0 Å². The van der Waals surface area contributed by atoms with Gasteiger partial charge < -0.3 is 5.73 Å². The summed E-state index contributed by atoms with van der Waals surface area (Å²) in [5, 5.41) is 6.95. The van der Waals surface area contributed by atoms with Gasteiger partial charge >= 0.3 is 0 Å². The highest BCUT2D eigenvalue weighted by Gasteiger charge is 2.16. The van der Waals surface area contributed by atoms with Crippen LogP contribution in [0.15, 0.2) is 42.6 Å². The summed E-state index contributed by atoms with van der Waals surface area (Å²) >= 11 is 0. The molecular weight excluding hydrogens is 255 g/mol. The molecule has 0 atom stereocenters. The van der Waals surface area contributed by atoms with Crippen molar-refractivity contribution in [2.75, 3.05) is 5.73 Å². The number of aryl methyl sites for hydroxylation is 1. The van der Waals surface area contributed by atoms with Gasteiger partial charge in [-0.15, -0.1) is 0 Å². The largest absolute Gasteiger partial charge is 0.382 e. The van der Waals surface area contributed by atoms with Gasteiger partial charge in [0.05, 0.1) is 11.3 Å². The first-order chi connectivity index (χ1) is 9.66. The maximum atomic E-state index is 13.4. The molecule has 2 aromatic heterocycles. The van der Waals surface area contributed by atoms with Crippen molar-refractivity contribution in [3.8, 4) is 22.4 Å². The zero-order valence-corrected chi connectivity index (χ0v) is 10.9. The van der Waals surface area contributed by atoms with Crippen molar-refractivity contribution in [1.29, 1.82) is 0 Å². The van der Waals surface area contributed by atoms with Gasteiger partial charge in [-0.05, 0) is 36.8 Å². The summed E-state index contributed by atoms with van der Waals surface area (Å²) in [6.45, 7) is 1.90. The number of H-pyrrole nitrogens is 1. The predicted octanol–water partition coefficient (Wildman–Crippen LogP) is 3.17. The number of pyridine rings is 1. The van der Waals surface area contributed by atoms with E-state index in [4.69, 9.17) is 5.73 Å². The molecule has 0 aliphatic heterocycles. The van der Waals surface area contributed by atoms with Crippen molar-refractivity contribution in [1.82, 2.24) is 15.2 Å². The van der Waals surface area contributed by atoms with Gasteiger partial charge in [-0.25, -0.2) is 4.39 Å². The van der Waals surface area contributed by atoms with Crippen molar-refractivity contribution in [3.63, 3.8) is 0 Å². The lowest BCUT2D eigenvalue weighted by Crippen LogP contribution is -1.91. The molecule has 2 heterocycles. The summed E-state index contributed by atoms with van der Waals surface area (Å²) in [6, 6.07) is 10.1. The van der Waals surface area contributed by atoms with Crippen LogP contribution in [0, 0.1) is 12.7 Å². The van der Waals surface area contributed by atoms with E-state index in [-0.39, 0.29) is 5.82 Å². The summed E-state index contributed by atoms with van der Waals surface area (Å²) in [7, 11) is 0. The number of hydrogen-bond acceptors (Lipinski definition) is 3. The molecular formula is C15H13FN4. The third-order valence-corrected chi connectivity index (χ3v) is 3.18. The minimum absolute atomic E-state index is 0.308. The van der Waals surface area contributed by atoms with Crippen molar-refractivity contribution in [2.24, 2.45) is 0 Å². The number of nitrogens with one attached hydrogen (secondary N) is 1. The average molecular weight is 268 g/mol. The van der Waals surface area contributed by atoms with E-state index < -0.39 is 0 Å². The van der Waals surface area contributed by atoms with Crippen LogP contribution in [-0.4, -0.2) is 15.2 Å². The van der Waals surface area contributed by atoms with Crippen LogP contribution in [0.2, 0.25) is 0 Å². The van der Waals surface area contributed by atoms with Crippen LogP contribution in [0.3, 0.4) is 0 Å². The van der Waals surface area contributed by atoms with Crippen molar-refractivity contribution in [2.45, 2.75) is 6.92 Å². The third kappa shape index (κ3) is 2.03. The number of aromatic nitrogens is 3. The van der Waals surface area contributed by atoms with Gasteiger partial charge in [0.25, 0.3) is 0 Å². The lowest BCUT2D eigenvalue weighted by Gasteiger charge is -2.07. The molecule has 0 amide bonds. The quantitative estimate of drug-likeness (QED) is 0.750. The highest BCUT2D eigenvalue weighted by Crippen LogP contribution is 2.35. The molecule has 0 radical (unpaired) electrons. The lowest BCUT2D eigenvalue weighted by atomic mass is 10.00. The van der Waals surface area contributed by atoms with Gasteiger partial charge in [0.2, 0.25) is 0 Å². The van der Waals surface area contributed by atoms with E-state index in [9.17, 15) is 4.39 Å². The highest BCUT2D eigenvalue weighted by atomic mass is 19.1. The summed E-state index contributed by atoms with van der Waals surface area (Å²) in [5.41, 5.74) is 9.81. The molecule has 0 fully saturated rings. The Labute approximate surface area is 115 Å². The standard InChI is InChI=1S/C15H13FN4/c1-9-12(6-3-7-18-9)14-13(15(17)20-19-14)10-4-2-5-11(16)8-10/h2-8H,1H3,(H3,17,19,20). The number of rotatable bonds is 2. The van der Waals surface area contributed by atoms with Crippen LogP contribution in [0.5, 0.6) is 0 Å². The van der Waals surface area contributed by atoms with Crippen molar-refractivity contribution in [3.05, 3.63) is 54.1 Å². The number of halogens is 1. The summed E-state index contributed by atoms with van der Waals surface area (Å²) in [4.78, 5) is 4.25. The second-order valence-corrected chi connectivity index (χ2v) is 4.51. The van der Waals surface area contributed by atoms with Gasteiger partial charge in [0.1, 0.15) is 5.82 Å². The van der Waals surface area contributed by atoms with Crippen molar-refractivity contribution < 1.29 is 4.39 Å². The highest BCUT2D eigenvalue weighted by molar-refractivity contribution is 5.88. The normalized spacial score (nSPS) is 10.7. The minimum atomic E-state index is -0.308. The van der Waals surface area contributed by atoms with Gasteiger partial charge in [-0.2, -0.15) is 5.10 Å². The van der Waals surface area contributed by atoms with Gasteiger partial charge in [-0.1, -0.05) is 12.1 Å². The summed E-state index contributed by atoms with van der Waals surface area (Å²) in [6.07, 6.45) is 1.72. The predicted molar refractivity (Wildman–Crippen MR) is 76.4 cm³/mol. The van der Waals surface area contributed by atoms with Crippen LogP contribution >= 0.6 is 0 Å². The number of aromatic amines is 1. The molecule has 3 rings (SSSR count). The fourth-order valence-electron chi connectivity index (χ4n) is 2.24. The van der Waals surface area contributed by atoms with Crippen LogP contribution in [0.4, 0.5) is 10.2 Å². The Morgan fingerprint density at radius 1 is 1.20 bits per heavy atom. The average Bonchev–Trinajstić information content (AvgIpc) is 2.81. The van der Waals surface area contributed by atoms with Crippen LogP contribution in [0.1, 0.15) is 5.69 Å². The van der Waals surface area contributed by atoms with Crippen LogP contribution < -0.4 is 5.73 Å². The second kappa shape index (κ2) is 4.77. The molecule has 0 aliphatic rings. The Balaban J connectivity index is 2.23. The fourth-order valence-corrected chi connectivity index (χ4v) is 2.24. The Bertz CT molecular complexity index is 764. The van der Waals surface area contributed by atoms with E-state index >= 15 is 0 Å². The molecule has 100 valence electrons. The van der Waals surface area contributed by atoms with E-state index in [0.29, 0.717) is 16.9 Å². The lowest BCUT2D eigenvalue weighted by molar-refractivity contribution is 0.628. The number of hydrogen-bond donors (Lipinski definition) is 2. The first-order valence-electron chi connectivity index (χ1n) is 6.18. The topological polar surface area (TPSA) is 67.6 Å². The molecule has 0 saturated heterocycles. The maximum Gasteiger partial charge on any atom is 0.153 e. The number of nitrogens with zero attached hydrogens (tertiary/aromatic N) is 2. The molecule has 0 bridgehead atoms. The maximum absolute atomic E-state index is 13.4. The van der Waals surface area contributed by atoms with Gasteiger partial charge in [-0.3, -0.25) is 10.1 Å². The molecule has 5 heteroatoms. The van der Waals surface area contributed by atoms with Crippen molar-refractivity contribution >= 4 is 5.82 Å². The number of nitrogen functional groups attached to an aromatic ring is 1. The van der Waals surface area contributed by atoms with Gasteiger partial charge in [0, 0.05) is 17.5 Å². The third-order valence-electron chi connectivity index (χ3n) is 3.18. The SMILES string of the molecule is Cc1ncccc1-c1[nH]nc(N)c1-c1cccc(F)c1. The first-order valence-corrected chi connectivity index (χ1v) is 6.18. The molecule has 1 aromatic carbocycles. The van der Waals surface area contributed by atoms with E-state index in [1.165, 1.54) is 12.1 Å². The van der Waals surface area contributed by atoms with E-state index in [1.807, 2.05) is 19.1 Å². The summed E-state index contributed by atoms with van der Waals surface area (Å²) in [5.74, 6) is 0.0332. The molecule has 0 saturated carbocycles. The monoisotopic (exact) mass is 268 g/mol. The number of anilines is 1. The van der Waals surface area contributed by atoms with E-state index in [1.54, 1.807) is 18.3 Å². The minimum Gasteiger partial charge on any atom is -0.382 e. The second-order valence-electron chi connectivity index (χ2n) is 4.51. The molecule has 0 unspecified atom stereocenters. The first kappa shape index (κ1) is 12.3. The molecule has 20 heavy (non-hydrogen) atoms. The number of benzene rings is 1. The Morgan fingerprint density at radius 3 is 2.80 bits per heavy atom. The summed E-state index contributed by atoms with van der Waals surface area (Å²) < 4.78 is 13.4. The van der Waals surface area contributed by atoms with Gasteiger partial charge in [0.15, 0.2) is 5.82 Å². The zero-order chi connectivity index (χ0) is 14.1. The Morgan fingerprint density at radius 2 is 2.05 bits per heavy atom. The Kier molecular flexibility index (Phi) is 2.95. The molecule has 3 aromatic rings. The molecule has 3 N–H and O–H groups in total.